The molecule has 0 aromatic heterocycles. The summed E-state index contributed by atoms with van der Waals surface area (Å²) in [6, 6.07) is 5.40. The van der Waals surface area contributed by atoms with Gasteiger partial charge in [-0.2, -0.15) is 0 Å². The van der Waals surface area contributed by atoms with Crippen LogP contribution in [-0.4, -0.2) is 35.1 Å². The zero-order valence-corrected chi connectivity index (χ0v) is 9.77. The molecule has 2 unspecified atom stereocenters. The van der Waals surface area contributed by atoms with Gasteiger partial charge in [0.1, 0.15) is 5.82 Å². The first-order valence-electron chi connectivity index (χ1n) is 5.81. The van der Waals surface area contributed by atoms with Crippen LogP contribution >= 0.6 is 0 Å². The number of hydrogen-bond acceptors (Lipinski definition) is 2. The number of benzene rings is 1. The molecule has 1 heterocycles. The number of carbonyl (C=O) groups excluding carboxylic acids is 1. The van der Waals surface area contributed by atoms with Crippen LogP contribution in [0.15, 0.2) is 24.3 Å². The summed E-state index contributed by atoms with van der Waals surface area (Å²) in [6.07, 6.45) is 0.901. The summed E-state index contributed by atoms with van der Waals surface area (Å²) in [7, 11) is 0. The maximum absolute atomic E-state index is 12.8. The standard InChI is InChI=1S/C13H16FNO2/c1-9-6-7-15(12(9)8-16)13(17)10-2-4-11(14)5-3-10/h2-5,9,12,16H,6-8H2,1H3. The lowest BCUT2D eigenvalue weighted by molar-refractivity contribution is 0.0648. The number of hydrogen-bond donors (Lipinski definition) is 1. The van der Waals surface area contributed by atoms with Crippen LogP contribution in [0.3, 0.4) is 0 Å². The highest BCUT2D eigenvalue weighted by atomic mass is 19.1. The van der Waals surface area contributed by atoms with Crippen molar-refractivity contribution in [3.05, 3.63) is 35.6 Å². The SMILES string of the molecule is CC1CCN(C(=O)c2ccc(F)cc2)C1CO. The van der Waals surface area contributed by atoms with E-state index in [1.807, 2.05) is 6.92 Å². The van der Waals surface area contributed by atoms with E-state index in [0.717, 1.165) is 6.42 Å². The van der Waals surface area contributed by atoms with Crippen molar-refractivity contribution in [2.75, 3.05) is 13.2 Å². The third-order valence-corrected chi connectivity index (χ3v) is 3.42. The second kappa shape index (κ2) is 4.84. The van der Waals surface area contributed by atoms with Gasteiger partial charge < -0.3 is 10.0 Å². The van der Waals surface area contributed by atoms with Crippen LogP contribution in [-0.2, 0) is 0 Å². The van der Waals surface area contributed by atoms with Crippen molar-refractivity contribution >= 4 is 5.91 Å². The number of nitrogens with zero attached hydrogens (tertiary/aromatic N) is 1. The molecule has 0 spiro atoms. The van der Waals surface area contributed by atoms with Gasteiger partial charge in [-0.15, -0.1) is 0 Å². The summed E-state index contributed by atoms with van der Waals surface area (Å²) < 4.78 is 12.8. The zero-order valence-electron chi connectivity index (χ0n) is 9.77. The normalized spacial score (nSPS) is 24.1. The second-order valence-corrected chi connectivity index (χ2v) is 4.52. The number of amides is 1. The Labute approximate surface area is 99.9 Å². The van der Waals surface area contributed by atoms with Gasteiger partial charge in [0.25, 0.3) is 5.91 Å². The highest BCUT2D eigenvalue weighted by molar-refractivity contribution is 5.94. The number of carbonyl (C=O) groups is 1. The van der Waals surface area contributed by atoms with Gasteiger partial charge in [0.15, 0.2) is 0 Å². The van der Waals surface area contributed by atoms with Gasteiger partial charge in [-0.05, 0) is 36.6 Å². The number of aliphatic hydroxyl groups is 1. The molecular weight excluding hydrogens is 221 g/mol. The third kappa shape index (κ3) is 2.31. The first kappa shape index (κ1) is 12.0. The van der Waals surface area contributed by atoms with E-state index < -0.39 is 0 Å². The van der Waals surface area contributed by atoms with Gasteiger partial charge in [0, 0.05) is 12.1 Å². The largest absolute Gasteiger partial charge is 0.394 e. The van der Waals surface area contributed by atoms with E-state index in [1.54, 1.807) is 4.90 Å². The van der Waals surface area contributed by atoms with E-state index in [9.17, 15) is 14.3 Å². The van der Waals surface area contributed by atoms with E-state index in [0.29, 0.717) is 18.0 Å². The Morgan fingerprint density at radius 1 is 1.47 bits per heavy atom. The minimum atomic E-state index is -0.352. The molecule has 0 radical (unpaired) electrons. The van der Waals surface area contributed by atoms with Gasteiger partial charge in [-0.3, -0.25) is 4.79 Å². The fraction of sp³-hybridized carbons (Fsp3) is 0.462. The van der Waals surface area contributed by atoms with Crippen molar-refractivity contribution in [3.63, 3.8) is 0 Å². The molecule has 1 aliphatic heterocycles. The predicted molar refractivity (Wildman–Crippen MR) is 62.1 cm³/mol. The van der Waals surface area contributed by atoms with Crippen LogP contribution in [0.1, 0.15) is 23.7 Å². The lowest BCUT2D eigenvalue weighted by atomic mass is 10.0. The average molecular weight is 237 g/mol. The molecule has 0 aliphatic carbocycles. The fourth-order valence-corrected chi connectivity index (χ4v) is 2.30. The van der Waals surface area contributed by atoms with Crippen molar-refractivity contribution in [3.8, 4) is 0 Å². The maximum Gasteiger partial charge on any atom is 0.254 e. The first-order valence-corrected chi connectivity index (χ1v) is 5.81. The van der Waals surface area contributed by atoms with Gasteiger partial charge in [-0.1, -0.05) is 6.92 Å². The number of likely N-dealkylation sites (tertiary alicyclic amines) is 1. The molecule has 2 atom stereocenters. The second-order valence-electron chi connectivity index (χ2n) is 4.52. The Bertz CT molecular complexity index is 404. The molecule has 1 aromatic rings. The van der Waals surface area contributed by atoms with Gasteiger partial charge >= 0.3 is 0 Å². The number of rotatable bonds is 2. The smallest absolute Gasteiger partial charge is 0.254 e. The molecule has 1 aliphatic rings. The van der Waals surface area contributed by atoms with Crippen LogP contribution in [0, 0.1) is 11.7 Å². The van der Waals surface area contributed by atoms with E-state index in [-0.39, 0.29) is 24.4 Å². The summed E-state index contributed by atoms with van der Waals surface area (Å²) >= 11 is 0. The molecule has 1 saturated heterocycles. The topological polar surface area (TPSA) is 40.5 Å². The van der Waals surface area contributed by atoms with E-state index >= 15 is 0 Å². The molecule has 0 bridgehead atoms. The Hall–Kier alpha value is -1.42. The number of halogens is 1. The molecule has 1 amide bonds. The van der Waals surface area contributed by atoms with Crippen LogP contribution in [0.4, 0.5) is 4.39 Å². The monoisotopic (exact) mass is 237 g/mol. The lowest BCUT2D eigenvalue weighted by Gasteiger charge is -2.25. The maximum atomic E-state index is 12.8. The highest BCUT2D eigenvalue weighted by Gasteiger charge is 2.34. The van der Waals surface area contributed by atoms with Crippen LogP contribution < -0.4 is 0 Å². The molecule has 4 heteroatoms. The average Bonchev–Trinajstić information content (AvgIpc) is 2.70. The number of aliphatic hydroxyl groups excluding tert-OH is 1. The zero-order chi connectivity index (χ0) is 12.4. The van der Waals surface area contributed by atoms with E-state index in [4.69, 9.17) is 0 Å². The molecular formula is C13H16FNO2. The summed E-state index contributed by atoms with van der Waals surface area (Å²) in [4.78, 5) is 13.8. The molecule has 0 saturated carbocycles. The van der Waals surface area contributed by atoms with Gasteiger partial charge in [0.05, 0.1) is 12.6 Å². The predicted octanol–water partition coefficient (Wildman–Crippen LogP) is 1.67. The van der Waals surface area contributed by atoms with Crippen LogP contribution in [0.5, 0.6) is 0 Å². The third-order valence-electron chi connectivity index (χ3n) is 3.42. The van der Waals surface area contributed by atoms with Crippen molar-refractivity contribution < 1.29 is 14.3 Å². The Morgan fingerprint density at radius 2 is 2.12 bits per heavy atom. The van der Waals surface area contributed by atoms with Crippen molar-refractivity contribution in [2.45, 2.75) is 19.4 Å². The fourth-order valence-electron chi connectivity index (χ4n) is 2.30. The minimum absolute atomic E-state index is 0.0197. The van der Waals surface area contributed by atoms with Gasteiger partial charge in [-0.25, -0.2) is 4.39 Å². The van der Waals surface area contributed by atoms with Crippen molar-refractivity contribution in [1.82, 2.24) is 4.90 Å². The first-order chi connectivity index (χ1) is 8.13. The molecule has 1 fully saturated rings. The highest BCUT2D eigenvalue weighted by Crippen LogP contribution is 2.25. The van der Waals surface area contributed by atoms with E-state index in [1.165, 1.54) is 24.3 Å². The molecule has 1 aromatic carbocycles. The van der Waals surface area contributed by atoms with Crippen molar-refractivity contribution in [1.29, 1.82) is 0 Å². The minimum Gasteiger partial charge on any atom is -0.394 e. The summed E-state index contributed by atoms with van der Waals surface area (Å²) in [5.74, 6) is -0.173. The van der Waals surface area contributed by atoms with Crippen molar-refractivity contribution in [2.24, 2.45) is 5.92 Å². The molecule has 2 rings (SSSR count). The van der Waals surface area contributed by atoms with Gasteiger partial charge in [0.2, 0.25) is 0 Å². The summed E-state index contributed by atoms with van der Waals surface area (Å²) in [5, 5.41) is 9.29. The lowest BCUT2D eigenvalue weighted by Crippen LogP contribution is -2.39. The Balaban J connectivity index is 2.17. The summed E-state index contributed by atoms with van der Waals surface area (Å²) in [6.45, 7) is 2.66. The molecule has 1 N–H and O–H groups in total. The molecule has 92 valence electrons. The Kier molecular flexibility index (Phi) is 3.43. The molecule has 3 nitrogen and oxygen atoms in total. The van der Waals surface area contributed by atoms with E-state index in [2.05, 4.69) is 0 Å². The van der Waals surface area contributed by atoms with Crippen LogP contribution in [0.25, 0.3) is 0 Å². The quantitative estimate of drug-likeness (QED) is 0.850. The van der Waals surface area contributed by atoms with Crippen LogP contribution in [0.2, 0.25) is 0 Å². The Morgan fingerprint density at radius 3 is 2.71 bits per heavy atom. The summed E-state index contributed by atoms with van der Waals surface area (Å²) in [5.41, 5.74) is 0.471. The molecule has 17 heavy (non-hydrogen) atoms.